The number of likely N-dealkylation sites (N-methyl/N-ethyl adjacent to an activating group) is 1. The van der Waals surface area contributed by atoms with Crippen molar-refractivity contribution in [1.82, 2.24) is 0 Å². The Hall–Kier alpha value is -1.13. The van der Waals surface area contributed by atoms with Crippen LogP contribution in [0.5, 0.6) is 0 Å². The minimum Gasteiger partial charge on any atom is -0.315 e. The first-order valence-corrected chi connectivity index (χ1v) is 8.47. The fourth-order valence-corrected chi connectivity index (χ4v) is 3.93. The summed E-state index contributed by atoms with van der Waals surface area (Å²) in [5.41, 5.74) is 5.73. The van der Waals surface area contributed by atoms with E-state index in [2.05, 4.69) is 69.1 Å². The van der Waals surface area contributed by atoms with Crippen LogP contribution in [0.25, 0.3) is 0 Å². The molecule has 2 aromatic rings. The van der Waals surface area contributed by atoms with Gasteiger partial charge in [0.25, 0.3) is 0 Å². The number of carbonyl (C=O) groups excluding carboxylic acids is 1. The van der Waals surface area contributed by atoms with Crippen molar-refractivity contribution in [2.75, 3.05) is 11.9 Å². The number of carbonyl (C=O) groups is 1. The molecule has 0 aromatic heterocycles. The van der Waals surface area contributed by atoms with E-state index in [1.807, 2.05) is 13.1 Å². The van der Waals surface area contributed by atoms with Gasteiger partial charge in [0.05, 0.1) is 11.2 Å². The average Bonchev–Trinajstić information content (AvgIpc) is 2.71. The summed E-state index contributed by atoms with van der Waals surface area (Å²) in [5, 5.41) is 0. The molecule has 21 heavy (non-hydrogen) atoms. The van der Waals surface area contributed by atoms with Crippen molar-refractivity contribution in [2.45, 2.75) is 18.2 Å². The van der Waals surface area contributed by atoms with E-state index in [9.17, 15) is 4.79 Å². The van der Waals surface area contributed by atoms with Gasteiger partial charge in [-0.15, -0.1) is 0 Å². The maximum absolute atomic E-state index is 11.8. The standard InChI is InChI=1S/C17H15Br2NO/c1-10-5-13(8-14(18)6-10)17(19)11-3-4-15-12(7-11)9-16(21)20(15)2/h3-8,17H,9H2,1-2H3. The third-order valence-electron chi connectivity index (χ3n) is 3.83. The normalized spacial score (nSPS) is 15.2. The molecule has 0 bridgehead atoms. The van der Waals surface area contributed by atoms with Crippen LogP contribution in [0.4, 0.5) is 5.69 Å². The van der Waals surface area contributed by atoms with Gasteiger partial charge in [-0.05, 0) is 47.4 Å². The SMILES string of the molecule is Cc1cc(Br)cc(C(Br)c2ccc3c(c2)CC(=O)N3C)c1. The Bertz CT molecular complexity index is 706. The van der Waals surface area contributed by atoms with Gasteiger partial charge in [0.1, 0.15) is 0 Å². The van der Waals surface area contributed by atoms with Gasteiger partial charge in [-0.25, -0.2) is 0 Å². The number of alkyl halides is 1. The average molecular weight is 409 g/mol. The minimum atomic E-state index is 0.125. The monoisotopic (exact) mass is 407 g/mol. The smallest absolute Gasteiger partial charge is 0.231 e. The molecule has 0 saturated heterocycles. The molecule has 1 unspecified atom stereocenters. The first-order chi connectivity index (χ1) is 9.95. The maximum atomic E-state index is 11.8. The Morgan fingerprint density at radius 2 is 1.90 bits per heavy atom. The topological polar surface area (TPSA) is 20.3 Å². The summed E-state index contributed by atoms with van der Waals surface area (Å²) in [6.07, 6.45) is 0.497. The first kappa shape index (κ1) is 14.8. The maximum Gasteiger partial charge on any atom is 0.231 e. The molecule has 1 heterocycles. The van der Waals surface area contributed by atoms with Crippen molar-refractivity contribution in [3.63, 3.8) is 0 Å². The molecular formula is C17H15Br2NO. The zero-order valence-corrected chi connectivity index (χ0v) is 15.0. The number of fused-ring (bicyclic) bond motifs is 1. The largest absolute Gasteiger partial charge is 0.315 e. The fraction of sp³-hybridized carbons (Fsp3) is 0.235. The summed E-state index contributed by atoms with van der Waals surface area (Å²) in [6, 6.07) is 12.6. The highest BCUT2D eigenvalue weighted by molar-refractivity contribution is 9.10. The van der Waals surface area contributed by atoms with E-state index >= 15 is 0 Å². The van der Waals surface area contributed by atoms with Crippen LogP contribution in [0.2, 0.25) is 0 Å². The minimum absolute atomic E-state index is 0.125. The van der Waals surface area contributed by atoms with Crippen LogP contribution >= 0.6 is 31.9 Å². The van der Waals surface area contributed by atoms with Gasteiger partial charge in [0, 0.05) is 17.2 Å². The highest BCUT2D eigenvalue weighted by Gasteiger charge is 2.25. The molecule has 0 fully saturated rings. The lowest BCUT2D eigenvalue weighted by Crippen LogP contribution is -2.20. The predicted molar refractivity (Wildman–Crippen MR) is 93.2 cm³/mol. The molecule has 1 aliphatic rings. The number of aryl methyl sites for hydroxylation is 1. The molecule has 2 aromatic carbocycles. The van der Waals surface area contributed by atoms with Gasteiger partial charge in [-0.2, -0.15) is 0 Å². The molecule has 0 aliphatic carbocycles. The van der Waals surface area contributed by atoms with Crippen molar-refractivity contribution >= 4 is 43.5 Å². The number of rotatable bonds is 2. The number of benzene rings is 2. The highest BCUT2D eigenvalue weighted by atomic mass is 79.9. The van der Waals surface area contributed by atoms with Gasteiger partial charge in [0.2, 0.25) is 5.91 Å². The molecular weight excluding hydrogens is 394 g/mol. The van der Waals surface area contributed by atoms with Gasteiger partial charge in [-0.1, -0.05) is 50.1 Å². The molecule has 1 aliphatic heterocycles. The van der Waals surface area contributed by atoms with Crippen molar-refractivity contribution in [1.29, 1.82) is 0 Å². The molecule has 0 N–H and O–H groups in total. The molecule has 4 heteroatoms. The molecule has 2 nitrogen and oxygen atoms in total. The van der Waals surface area contributed by atoms with E-state index in [4.69, 9.17) is 0 Å². The van der Waals surface area contributed by atoms with Gasteiger partial charge in [-0.3, -0.25) is 4.79 Å². The van der Waals surface area contributed by atoms with E-state index in [0.717, 1.165) is 15.7 Å². The van der Waals surface area contributed by atoms with Crippen molar-refractivity contribution in [2.24, 2.45) is 0 Å². The summed E-state index contributed by atoms with van der Waals surface area (Å²) in [7, 11) is 1.83. The van der Waals surface area contributed by atoms with Gasteiger partial charge < -0.3 is 4.90 Å². The second-order valence-corrected chi connectivity index (χ2v) is 7.27. The summed E-state index contributed by atoms with van der Waals surface area (Å²) >= 11 is 7.33. The fourth-order valence-electron chi connectivity index (χ4n) is 2.75. The number of hydrogen-bond acceptors (Lipinski definition) is 1. The number of hydrogen-bond donors (Lipinski definition) is 0. The Kier molecular flexibility index (Phi) is 3.93. The number of halogens is 2. The molecule has 0 saturated carbocycles. The molecule has 3 rings (SSSR count). The third-order valence-corrected chi connectivity index (χ3v) is 5.35. The van der Waals surface area contributed by atoms with Crippen LogP contribution in [0.1, 0.15) is 27.1 Å². The van der Waals surface area contributed by atoms with Crippen molar-refractivity contribution in [3.05, 3.63) is 63.1 Å². The molecule has 1 amide bonds. The zero-order valence-electron chi connectivity index (χ0n) is 11.9. The first-order valence-electron chi connectivity index (χ1n) is 6.76. The van der Waals surface area contributed by atoms with Crippen LogP contribution in [-0.2, 0) is 11.2 Å². The predicted octanol–water partition coefficient (Wildman–Crippen LogP) is 4.76. The van der Waals surface area contributed by atoms with E-state index in [1.165, 1.54) is 16.7 Å². The van der Waals surface area contributed by atoms with Crippen LogP contribution in [0, 0.1) is 6.92 Å². The van der Waals surface area contributed by atoms with E-state index < -0.39 is 0 Å². The number of nitrogens with zero attached hydrogens (tertiary/aromatic N) is 1. The van der Waals surface area contributed by atoms with Crippen LogP contribution in [-0.4, -0.2) is 13.0 Å². The highest BCUT2D eigenvalue weighted by Crippen LogP contribution is 2.37. The summed E-state index contributed by atoms with van der Waals surface area (Å²) < 4.78 is 1.08. The molecule has 108 valence electrons. The summed E-state index contributed by atoms with van der Waals surface area (Å²) in [5.74, 6) is 0.159. The Morgan fingerprint density at radius 1 is 1.14 bits per heavy atom. The zero-order chi connectivity index (χ0) is 15.1. The Morgan fingerprint density at radius 3 is 2.62 bits per heavy atom. The molecule has 0 spiro atoms. The number of amides is 1. The second kappa shape index (κ2) is 5.58. The van der Waals surface area contributed by atoms with Crippen LogP contribution in [0.3, 0.4) is 0 Å². The van der Waals surface area contributed by atoms with Gasteiger partial charge in [0.15, 0.2) is 0 Å². The quantitative estimate of drug-likeness (QED) is 0.656. The lowest BCUT2D eigenvalue weighted by molar-refractivity contribution is -0.117. The number of anilines is 1. The summed E-state index contributed by atoms with van der Waals surface area (Å²) in [6.45, 7) is 2.09. The summed E-state index contributed by atoms with van der Waals surface area (Å²) in [4.78, 5) is 13.6. The lowest BCUT2D eigenvalue weighted by Gasteiger charge is -2.15. The van der Waals surface area contributed by atoms with E-state index in [0.29, 0.717) is 6.42 Å². The lowest BCUT2D eigenvalue weighted by atomic mass is 10.0. The van der Waals surface area contributed by atoms with E-state index in [1.54, 1.807) is 4.90 Å². The van der Waals surface area contributed by atoms with Crippen molar-refractivity contribution < 1.29 is 4.79 Å². The second-order valence-electron chi connectivity index (χ2n) is 5.44. The Labute approximate surface area is 141 Å². The van der Waals surface area contributed by atoms with Crippen LogP contribution in [0.15, 0.2) is 40.9 Å². The Balaban J connectivity index is 1.98. The third kappa shape index (κ3) is 2.79. The molecule has 0 radical (unpaired) electrons. The van der Waals surface area contributed by atoms with Gasteiger partial charge >= 0.3 is 0 Å². The molecule has 1 atom stereocenters. The van der Waals surface area contributed by atoms with Crippen molar-refractivity contribution in [3.8, 4) is 0 Å². The van der Waals surface area contributed by atoms with Crippen LogP contribution < -0.4 is 4.90 Å². The van der Waals surface area contributed by atoms with E-state index in [-0.39, 0.29) is 10.7 Å².